The molecule has 0 aromatic heterocycles. The number of aliphatic hydroxyl groups excluding tert-OH is 5. The van der Waals surface area contributed by atoms with E-state index in [-0.39, 0.29) is 43.2 Å². The molecule has 4 rings (SSSR count). The van der Waals surface area contributed by atoms with E-state index < -0.39 is 68.3 Å². The fourth-order valence-corrected chi connectivity index (χ4v) is 6.72. The van der Waals surface area contributed by atoms with Crippen LogP contribution in [0, 0.1) is 17.8 Å². The van der Waals surface area contributed by atoms with E-state index in [2.05, 4.69) is 10.1 Å². The first kappa shape index (κ1) is 38.9. The summed E-state index contributed by atoms with van der Waals surface area (Å²) in [7, 11) is 0. The van der Waals surface area contributed by atoms with E-state index in [4.69, 9.17) is 14.6 Å². The smallest absolute Gasteiger partial charge is 0.428 e. The highest BCUT2D eigenvalue weighted by molar-refractivity contribution is 5.77. The van der Waals surface area contributed by atoms with Gasteiger partial charge >= 0.3 is 12.3 Å². The van der Waals surface area contributed by atoms with Gasteiger partial charge in [-0.05, 0) is 50.4 Å². The van der Waals surface area contributed by atoms with Crippen LogP contribution in [0.5, 0.6) is 0 Å². The number of nitrogens with one attached hydrogen (secondary N) is 1. The van der Waals surface area contributed by atoms with Crippen molar-refractivity contribution >= 4 is 12.0 Å². The Morgan fingerprint density at radius 1 is 0.958 bits per heavy atom. The van der Waals surface area contributed by atoms with Crippen molar-refractivity contribution in [3.63, 3.8) is 0 Å². The van der Waals surface area contributed by atoms with Crippen molar-refractivity contribution in [3.8, 4) is 0 Å². The van der Waals surface area contributed by atoms with Gasteiger partial charge in [0.2, 0.25) is 5.91 Å². The largest absolute Gasteiger partial charge is 0.433 e. The van der Waals surface area contributed by atoms with E-state index in [0.29, 0.717) is 70.9 Å². The number of ether oxygens (including phenoxy) is 3. The summed E-state index contributed by atoms with van der Waals surface area (Å²) < 4.78 is 70.2. The van der Waals surface area contributed by atoms with Crippen LogP contribution in [0.1, 0.15) is 51.4 Å². The molecule has 1 aliphatic carbocycles. The monoisotopic (exact) mass is 701 g/mol. The second-order valence-corrected chi connectivity index (χ2v) is 13.8. The van der Waals surface area contributed by atoms with Crippen molar-refractivity contribution in [2.75, 3.05) is 65.7 Å². The van der Waals surface area contributed by atoms with Crippen LogP contribution in [0.25, 0.3) is 0 Å². The van der Waals surface area contributed by atoms with Crippen LogP contribution in [0.3, 0.4) is 0 Å². The molecule has 0 aromatic carbocycles. The van der Waals surface area contributed by atoms with Crippen LogP contribution in [0.2, 0.25) is 0 Å². The molecule has 4 fully saturated rings. The molecule has 6 N–H and O–H groups in total. The second kappa shape index (κ2) is 17.4. The van der Waals surface area contributed by atoms with Crippen LogP contribution in [0.4, 0.5) is 22.4 Å². The number of aliphatic hydroxyl groups is 5. The van der Waals surface area contributed by atoms with Crippen LogP contribution >= 0.6 is 0 Å². The zero-order valence-corrected chi connectivity index (χ0v) is 27.1. The Kier molecular flexibility index (Phi) is 14.1. The topological polar surface area (TPSA) is 181 Å². The Labute approximate surface area is 277 Å². The summed E-state index contributed by atoms with van der Waals surface area (Å²) in [5, 5.41) is 50.7. The molecule has 0 radical (unpaired) electrons. The summed E-state index contributed by atoms with van der Waals surface area (Å²) in [5.41, 5.74) is -2.55. The number of hydrogen-bond donors (Lipinski definition) is 6. The Morgan fingerprint density at radius 3 is 2.21 bits per heavy atom. The number of amides is 2. The molecule has 3 aliphatic heterocycles. The van der Waals surface area contributed by atoms with Crippen molar-refractivity contribution in [3.05, 3.63) is 0 Å². The average molecular weight is 702 g/mol. The zero-order chi connectivity index (χ0) is 35.1. The number of halogens is 4. The Bertz CT molecular complexity index is 1030. The van der Waals surface area contributed by atoms with Gasteiger partial charge in [-0.2, -0.15) is 13.2 Å². The van der Waals surface area contributed by atoms with Gasteiger partial charge in [0.15, 0.2) is 0 Å². The van der Waals surface area contributed by atoms with Gasteiger partial charge in [0, 0.05) is 64.6 Å². The predicted octanol–water partition coefficient (Wildman–Crippen LogP) is 0.344. The fraction of sp³-hybridized carbons (Fsp3) is 0.935. The van der Waals surface area contributed by atoms with Crippen LogP contribution in [-0.2, 0) is 19.0 Å². The van der Waals surface area contributed by atoms with Crippen molar-refractivity contribution in [1.29, 1.82) is 0 Å². The summed E-state index contributed by atoms with van der Waals surface area (Å²) in [5.74, 6) is -0.0451. The van der Waals surface area contributed by atoms with Crippen molar-refractivity contribution in [2.24, 2.45) is 17.8 Å². The quantitative estimate of drug-likeness (QED) is 0.0966. The number of rotatable bonds is 16. The minimum atomic E-state index is -4.68. The molecule has 17 heteroatoms. The van der Waals surface area contributed by atoms with E-state index in [1.165, 1.54) is 4.90 Å². The maximum atomic E-state index is 15.0. The van der Waals surface area contributed by atoms with E-state index in [1.807, 2.05) is 0 Å². The Balaban J connectivity index is 1.02. The summed E-state index contributed by atoms with van der Waals surface area (Å²) >= 11 is 0. The number of hydrogen-bond acceptors (Lipinski definition) is 11. The third kappa shape index (κ3) is 10.1. The van der Waals surface area contributed by atoms with Gasteiger partial charge in [0.1, 0.15) is 24.5 Å². The molecule has 0 spiro atoms. The maximum absolute atomic E-state index is 15.0. The van der Waals surface area contributed by atoms with E-state index in [0.717, 1.165) is 12.8 Å². The molecule has 4 aliphatic rings. The number of carbonyl (C=O) groups excluding carboxylic acids is 2. The van der Waals surface area contributed by atoms with Gasteiger partial charge in [-0.15, -0.1) is 0 Å². The molecule has 7 atom stereocenters. The van der Waals surface area contributed by atoms with Crippen molar-refractivity contribution in [2.45, 2.75) is 99.8 Å². The summed E-state index contributed by atoms with van der Waals surface area (Å²) in [6.45, 7) is 0.361. The zero-order valence-electron chi connectivity index (χ0n) is 27.1. The molecular weight excluding hydrogens is 650 g/mol. The number of likely N-dealkylation sites (tertiary alicyclic amines) is 2. The van der Waals surface area contributed by atoms with Crippen LogP contribution in [-0.4, -0.2) is 161 Å². The summed E-state index contributed by atoms with van der Waals surface area (Å²) in [6.07, 6.45) is -8.83. The highest BCUT2D eigenvalue weighted by Gasteiger charge is 2.64. The average Bonchev–Trinajstić information content (AvgIpc) is 3.01. The minimum Gasteiger partial charge on any atom is -0.428 e. The SMILES string of the molecule is O=C(CC1CCC(OCCCC2CCN(C(=O)OC3(C(F)(F)F)COC3)CC2)CC1F)N1CC(CNC[C@H](O)[C@@H](O)[C@H](O)[C@H](O)CO)C1. The number of nitrogens with zero attached hydrogens (tertiary/aromatic N) is 2. The molecule has 3 unspecified atom stereocenters. The van der Waals surface area contributed by atoms with E-state index in [1.54, 1.807) is 4.90 Å². The fourth-order valence-electron chi connectivity index (χ4n) is 6.72. The molecule has 3 heterocycles. The number of alkyl halides is 4. The lowest BCUT2D eigenvalue weighted by atomic mass is 9.83. The standard InChI is InChI=1S/C31H51F4N3O10/c32-23-11-22(47-9-1-2-19-5-7-37(8-6-19)29(45)48-30(17-46-18-30)31(33,34)35)4-3-21(23)10-26(42)38-14-20(15-38)12-36-13-24(40)27(43)28(44)25(41)16-39/h19-25,27-28,36,39-41,43-44H,1-18H2/t21?,22?,23?,24-,25+,27+,28+/m0/s1. The van der Waals surface area contributed by atoms with Crippen molar-refractivity contribution < 1.29 is 66.9 Å². The first-order chi connectivity index (χ1) is 22.7. The predicted molar refractivity (Wildman–Crippen MR) is 160 cm³/mol. The van der Waals surface area contributed by atoms with Gasteiger partial charge in [-0.1, -0.05) is 0 Å². The normalized spacial score (nSPS) is 27.8. The number of piperidine rings is 1. The first-order valence-electron chi connectivity index (χ1n) is 16.9. The molecule has 3 saturated heterocycles. The molecular formula is C31H51F4N3O10. The molecule has 2 amide bonds. The van der Waals surface area contributed by atoms with Gasteiger partial charge in [-0.3, -0.25) is 4.79 Å². The van der Waals surface area contributed by atoms with Gasteiger partial charge in [-0.25, -0.2) is 9.18 Å². The molecule has 13 nitrogen and oxygen atoms in total. The minimum absolute atomic E-state index is 0.0543. The maximum Gasteiger partial charge on any atom is 0.433 e. The van der Waals surface area contributed by atoms with Gasteiger partial charge in [0.25, 0.3) is 5.60 Å². The van der Waals surface area contributed by atoms with E-state index >= 15 is 0 Å². The molecule has 278 valence electrons. The molecule has 1 saturated carbocycles. The lowest BCUT2D eigenvalue weighted by Gasteiger charge is -2.43. The summed E-state index contributed by atoms with van der Waals surface area (Å²) in [6, 6.07) is 0. The Hall–Kier alpha value is -1.86. The lowest BCUT2D eigenvalue weighted by molar-refractivity contribution is -0.333. The second-order valence-electron chi connectivity index (χ2n) is 13.8. The third-order valence-electron chi connectivity index (χ3n) is 10.2. The summed E-state index contributed by atoms with van der Waals surface area (Å²) in [4.78, 5) is 28.0. The lowest BCUT2D eigenvalue weighted by Crippen LogP contribution is -2.64. The van der Waals surface area contributed by atoms with Crippen LogP contribution in [0.15, 0.2) is 0 Å². The van der Waals surface area contributed by atoms with Gasteiger partial charge in [0.05, 0.1) is 32.0 Å². The highest BCUT2D eigenvalue weighted by atomic mass is 19.4. The molecule has 0 aromatic rings. The van der Waals surface area contributed by atoms with E-state index in [9.17, 15) is 47.6 Å². The molecule has 0 bridgehead atoms. The van der Waals surface area contributed by atoms with Crippen LogP contribution < -0.4 is 5.32 Å². The van der Waals surface area contributed by atoms with Crippen molar-refractivity contribution in [1.82, 2.24) is 15.1 Å². The highest BCUT2D eigenvalue weighted by Crippen LogP contribution is 2.40. The third-order valence-corrected chi connectivity index (χ3v) is 10.2. The Morgan fingerprint density at radius 2 is 1.62 bits per heavy atom. The molecule has 48 heavy (non-hydrogen) atoms. The first-order valence-corrected chi connectivity index (χ1v) is 16.9. The van der Waals surface area contributed by atoms with Gasteiger partial charge < -0.3 is 54.9 Å². The number of carbonyl (C=O) groups is 2.